The Morgan fingerprint density at radius 2 is 2.10 bits per heavy atom. The quantitative estimate of drug-likeness (QED) is 0.761. The van der Waals surface area contributed by atoms with Crippen molar-refractivity contribution in [3.8, 4) is 0 Å². The molecule has 1 saturated carbocycles. The lowest BCUT2D eigenvalue weighted by Crippen LogP contribution is -2.59. The summed E-state index contributed by atoms with van der Waals surface area (Å²) in [6.07, 6.45) is 2.80. The molecule has 20 heavy (non-hydrogen) atoms. The van der Waals surface area contributed by atoms with E-state index in [2.05, 4.69) is 58.8 Å². The van der Waals surface area contributed by atoms with Gasteiger partial charge in [0.2, 0.25) is 0 Å². The summed E-state index contributed by atoms with van der Waals surface area (Å²) in [5.41, 5.74) is 1.35. The summed E-state index contributed by atoms with van der Waals surface area (Å²) in [6, 6.07) is 7.51. The molecule has 1 aliphatic carbocycles. The average molecular weight is 405 g/mol. The van der Waals surface area contributed by atoms with E-state index in [-0.39, 0.29) is 0 Å². The van der Waals surface area contributed by atoms with Crippen LogP contribution in [0.1, 0.15) is 26.7 Å². The Hall–Kier alpha value is -0.000000000000000111. The molecule has 0 radical (unpaired) electrons. The summed E-state index contributed by atoms with van der Waals surface area (Å²) in [5, 5.41) is 4.60. The van der Waals surface area contributed by atoms with Gasteiger partial charge in [0.25, 0.3) is 0 Å². The van der Waals surface area contributed by atoms with Crippen LogP contribution in [-0.4, -0.2) is 25.2 Å². The Bertz CT molecular complexity index is 487. The minimum Gasteiger partial charge on any atom is -0.365 e. The van der Waals surface area contributed by atoms with Crippen molar-refractivity contribution >= 4 is 39.9 Å². The van der Waals surface area contributed by atoms with Crippen molar-refractivity contribution in [3.63, 3.8) is 0 Å². The van der Waals surface area contributed by atoms with Gasteiger partial charge >= 0.3 is 0 Å². The molecule has 110 valence electrons. The molecule has 0 spiro atoms. The smallest absolute Gasteiger partial charge is 0.0506 e. The van der Waals surface area contributed by atoms with Crippen LogP contribution in [-0.2, 0) is 0 Å². The molecule has 2 aliphatic rings. The Kier molecular flexibility index (Phi) is 4.48. The highest BCUT2D eigenvalue weighted by molar-refractivity contribution is 14.1. The number of piperazine rings is 1. The van der Waals surface area contributed by atoms with Crippen LogP contribution in [0, 0.1) is 15.4 Å². The highest BCUT2D eigenvalue weighted by Crippen LogP contribution is 2.37. The van der Waals surface area contributed by atoms with Crippen LogP contribution in [0.5, 0.6) is 0 Å². The lowest BCUT2D eigenvalue weighted by atomic mass is 9.96. The molecule has 0 bridgehead atoms. The number of hydrogen-bond acceptors (Lipinski definition) is 2. The fourth-order valence-electron chi connectivity index (χ4n) is 3.20. The van der Waals surface area contributed by atoms with Gasteiger partial charge in [-0.05, 0) is 65.5 Å². The first-order chi connectivity index (χ1) is 9.56. The van der Waals surface area contributed by atoms with Crippen molar-refractivity contribution in [1.29, 1.82) is 0 Å². The van der Waals surface area contributed by atoms with Gasteiger partial charge in [-0.3, -0.25) is 0 Å². The predicted molar refractivity (Wildman–Crippen MR) is 94.7 cm³/mol. The number of benzene rings is 1. The average Bonchev–Trinajstić information content (AvgIpc) is 3.22. The highest BCUT2D eigenvalue weighted by atomic mass is 127. The fraction of sp³-hybridized carbons (Fsp3) is 0.625. The van der Waals surface area contributed by atoms with Gasteiger partial charge in [-0.1, -0.05) is 25.4 Å². The van der Waals surface area contributed by atoms with E-state index in [1.807, 2.05) is 6.07 Å². The number of anilines is 1. The first-order valence-corrected chi connectivity index (χ1v) is 8.97. The van der Waals surface area contributed by atoms with E-state index in [1.54, 1.807) is 0 Å². The van der Waals surface area contributed by atoms with Gasteiger partial charge in [0.1, 0.15) is 0 Å². The van der Waals surface area contributed by atoms with Crippen molar-refractivity contribution in [2.24, 2.45) is 11.8 Å². The maximum atomic E-state index is 6.11. The molecule has 1 aromatic carbocycles. The van der Waals surface area contributed by atoms with Crippen molar-refractivity contribution in [2.45, 2.75) is 38.8 Å². The zero-order chi connectivity index (χ0) is 14.3. The van der Waals surface area contributed by atoms with Crippen LogP contribution in [0.4, 0.5) is 5.69 Å². The molecule has 0 aromatic heterocycles. The Morgan fingerprint density at radius 3 is 2.70 bits per heavy atom. The molecule has 1 aliphatic heterocycles. The zero-order valence-corrected chi connectivity index (χ0v) is 15.0. The fourth-order valence-corrected chi connectivity index (χ4v) is 4.38. The Balaban J connectivity index is 1.87. The Labute approximate surface area is 140 Å². The molecular weight excluding hydrogens is 383 g/mol. The van der Waals surface area contributed by atoms with Crippen LogP contribution in [0.15, 0.2) is 18.2 Å². The molecule has 2 unspecified atom stereocenters. The summed E-state index contributed by atoms with van der Waals surface area (Å²) < 4.78 is 1.26. The highest BCUT2D eigenvalue weighted by Gasteiger charge is 2.38. The van der Waals surface area contributed by atoms with Crippen molar-refractivity contribution in [2.75, 3.05) is 18.0 Å². The molecule has 1 saturated heterocycles. The van der Waals surface area contributed by atoms with Gasteiger partial charge in [-0.25, -0.2) is 0 Å². The molecule has 2 fully saturated rings. The molecule has 4 heteroatoms. The van der Waals surface area contributed by atoms with E-state index in [0.29, 0.717) is 18.0 Å². The van der Waals surface area contributed by atoms with Gasteiger partial charge in [-0.15, -0.1) is 0 Å². The second-order valence-corrected chi connectivity index (χ2v) is 8.01. The minimum atomic E-state index is 0.569. The summed E-state index contributed by atoms with van der Waals surface area (Å²) in [5.74, 6) is 1.55. The van der Waals surface area contributed by atoms with Gasteiger partial charge in [-0.2, -0.15) is 0 Å². The lowest BCUT2D eigenvalue weighted by molar-refractivity contribution is 0.320. The van der Waals surface area contributed by atoms with Gasteiger partial charge in [0.05, 0.1) is 5.69 Å². The maximum Gasteiger partial charge on any atom is 0.0506 e. The van der Waals surface area contributed by atoms with Gasteiger partial charge < -0.3 is 10.2 Å². The monoisotopic (exact) mass is 404 g/mol. The molecule has 2 atom stereocenters. The molecule has 2 nitrogen and oxygen atoms in total. The van der Waals surface area contributed by atoms with Crippen LogP contribution in [0.2, 0.25) is 5.02 Å². The zero-order valence-electron chi connectivity index (χ0n) is 12.1. The number of nitrogens with zero attached hydrogens (tertiary/aromatic N) is 1. The third kappa shape index (κ3) is 3.09. The number of rotatable bonds is 3. The molecule has 1 heterocycles. The summed E-state index contributed by atoms with van der Waals surface area (Å²) in [4.78, 5) is 2.61. The van der Waals surface area contributed by atoms with Crippen molar-refractivity contribution in [3.05, 3.63) is 26.8 Å². The summed E-state index contributed by atoms with van der Waals surface area (Å²) in [7, 11) is 0. The first-order valence-electron chi connectivity index (χ1n) is 7.51. The van der Waals surface area contributed by atoms with E-state index >= 15 is 0 Å². The van der Waals surface area contributed by atoms with Crippen LogP contribution < -0.4 is 10.2 Å². The maximum absolute atomic E-state index is 6.11. The summed E-state index contributed by atoms with van der Waals surface area (Å²) >= 11 is 8.52. The standard InChI is InChI=1S/C16H22ClIN2/c1-10(2)16-8-19-14(11-3-4-11)9-20(16)15-6-5-12(17)7-13(15)18/h5-7,10-11,14,16,19H,3-4,8-9H2,1-2H3. The SMILES string of the molecule is CC(C)C1CNC(C2CC2)CN1c1ccc(Cl)cc1I. The van der Waals surface area contributed by atoms with E-state index in [9.17, 15) is 0 Å². The normalized spacial score (nSPS) is 27.1. The van der Waals surface area contributed by atoms with Crippen molar-refractivity contribution < 1.29 is 0 Å². The molecule has 3 rings (SSSR count). The topological polar surface area (TPSA) is 15.3 Å². The third-order valence-corrected chi connectivity index (χ3v) is 5.66. The van der Waals surface area contributed by atoms with Crippen LogP contribution in [0.3, 0.4) is 0 Å². The number of hydrogen-bond donors (Lipinski definition) is 1. The predicted octanol–water partition coefficient (Wildman–Crippen LogP) is 4.16. The second kappa shape index (κ2) is 6.01. The Morgan fingerprint density at radius 1 is 1.35 bits per heavy atom. The molecule has 1 N–H and O–H groups in total. The third-order valence-electron chi connectivity index (χ3n) is 4.56. The van der Waals surface area contributed by atoms with Crippen molar-refractivity contribution in [1.82, 2.24) is 5.32 Å². The second-order valence-electron chi connectivity index (χ2n) is 6.41. The number of nitrogens with one attached hydrogen (secondary N) is 1. The summed E-state index contributed by atoms with van der Waals surface area (Å²) in [6.45, 7) is 6.86. The molecule has 1 aromatic rings. The van der Waals surface area contributed by atoms with Crippen LogP contribution in [0.25, 0.3) is 0 Å². The first kappa shape index (κ1) is 14.9. The van der Waals surface area contributed by atoms with Crippen LogP contribution >= 0.6 is 34.2 Å². The lowest BCUT2D eigenvalue weighted by Gasteiger charge is -2.44. The molecular formula is C16H22ClIN2. The minimum absolute atomic E-state index is 0.569. The number of halogens is 2. The van der Waals surface area contributed by atoms with E-state index < -0.39 is 0 Å². The van der Waals surface area contributed by atoms with Gasteiger partial charge in [0, 0.05) is 33.8 Å². The largest absolute Gasteiger partial charge is 0.365 e. The van der Waals surface area contributed by atoms with E-state index in [4.69, 9.17) is 11.6 Å². The van der Waals surface area contributed by atoms with Gasteiger partial charge in [0.15, 0.2) is 0 Å². The molecule has 0 amide bonds. The van der Waals surface area contributed by atoms with E-state index in [1.165, 1.54) is 22.1 Å². The van der Waals surface area contributed by atoms with E-state index in [0.717, 1.165) is 24.0 Å².